The molecule has 0 aliphatic rings. The standard InChI is InChI=1S/C17H19ClFN/c1-11-8-14(9-12(2)17(11)19)16(20-3)10-13-6-4-5-7-15(13)18/h4-9,16,20H,10H2,1-3H3. The van der Waals surface area contributed by atoms with E-state index in [4.69, 9.17) is 11.6 Å². The Morgan fingerprint density at radius 1 is 1.15 bits per heavy atom. The van der Waals surface area contributed by atoms with Gasteiger partial charge < -0.3 is 5.32 Å². The van der Waals surface area contributed by atoms with Crippen molar-refractivity contribution in [3.8, 4) is 0 Å². The molecular weight excluding hydrogens is 273 g/mol. The number of benzene rings is 2. The van der Waals surface area contributed by atoms with Gasteiger partial charge in [0.2, 0.25) is 0 Å². The Morgan fingerprint density at radius 2 is 1.75 bits per heavy atom. The molecule has 0 saturated carbocycles. The maximum absolute atomic E-state index is 13.7. The van der Waals surface area contributed by atoms with Gasteiger partial charge in [-0.3, -0.25) is 0 Å². The van der Waals surface area contributed by atoms with E-state index in [-0.39, 0.29) is 11.9 Å². The molecule has 2 aromatic carbocycles. The van der Waals surface area contributed by atoms with Gasteiger partial charge in [-0.25, -0.2) is 4.39 Å². The number of likely N-dealkylation sites (N-methyl/N-ethyl adjacent to an activating group) is 1. The van der Waals surface area contributed by atoms with E-state index in [2.05, 4.69) is 5.32 Å². The van der Waals surface area contributed by atoms with Gasteiger partial charge in [-0.2, -0.15) is 0 Å². The van der Waals surface area contributed by atoms with Crippen molar-refractivity contribution in [2.24, 2.45) is 0 Å². The minimum Gasteiger partial charge on any atom is -0.313 e. The van der Waals surface area contributed by atoms with E-state index in [1.54, 1.807) is 13.8 Å². The highest BCUT2D eigenvalue weighted by molar-refractivity contribution is 6.31. The molecule has 0 bridgehead atoms. The fourth-order valence-corrected chi connectivity index (χ4v) is 2.66. The second kappa shape index (κ2) is 6.38. The van der Waals surface area contributed by atoms with Gasteiger partial charge in [0.05, 0.1) is 0 Å². The molecule has 0 fully saturated rings. The van der Waals surface area contributed by atoms with Crippen LogP contribution >= 0.6 is 11.6 Å². The highest BCUT2D eigenvalue weighted by atomic mass is 35.5. The Labute approximate surface area is 124 Å². The maximum Gasteiger partial charge on any atom is 0.129 e. The summed E-state index contributed by atoms with van der Waals surface area (Å²) < 4.78 is 13.7. The van der Waals surface area contributed by atoms with Crippen molar-refractivity contribution in [1.82, 2.24) is 5.32 Å². The first-order valence-electron chi connectivity index (χ1n) is 6.70. The lowest BCUT2D eigenvalue weighted by molar-refractivity contribution is 0.579. The molecule has 2 rings (SSSR count). The molecule has 0 aromatic heterocycles. The first-order chi connectivity index (χ1) is 9.52. The molecule has 0 aliphatic heterocycles. The second-order valence-electron chi connectivity index (χ2n) is 5.11. The van der Waals surface area contributed by atoms with Crippen LogP contribution in [0.2, 0.25) is 5.02 Å². The van der Waals surface area contributed by atoms with E-state index in [9.17, 15) is 4.39 Å². The predicted molar refractivity (Wildman–Crippen MR) is 82.8 cm³/mol. The van der Waals surface area contributed by atoms with E-state index in [0.29, 0.717) is 11.1 Å². The molecule has 20 heavy (non-hydrogen) atoms. The van der Waals surface area contributed by atoms with Crippen molar-refractivity contribution < 1.29 is 4.39 Å². The summed E-state index contributed by atoms with van der Waals surface area (Å²) in [7, 11) is 1.91. The van der Waals surface area contributed by atoms with Gasteiger partial charge in [-0.05, 0) is 55.6 Å². The Balaban J connectivity index is 2.31. The quantitative estimate of drug-likeness (QED) is 0.868. The average molecular weight is 292 g/mol. The zero-order valence-electron chi connectivity index (χ0n) is 12.0. The summed E-state index contributed by atoms with van der Waals surface area (Å²) in [6.07, 6.45) is 0.778. The lowest BCUT2D eigenvalue weighted by Gasteiger charge is -2.19. The number of halogens is 2. The van der Waals surface area contributed by atoms with Crippen molar-refractivity contribution in [3.63, 3.8) is 0 Å². The minimum absolute atomic E-state index is 0.118. The molecule has 0 spiro atoms. The summed E-state index contributed by atoms with van der Waals surface area (Å²) in [5.74, 6) is -0.124. The van der Waals surface area contributed by atoms with Gasteiger partial charge in [0, 0.05) is 11.1 Å². The SMILES string of the molecule is CNC(Cc1ccccc1Cl)c1cc(C)c(F)c(C)c1. The lowest BCUT2D eigenvalue weighted by Crippen LogP contribution is -2.19. The Kier molecular flexibility index (Phi) is 4.79. The fraction of sp³-hybridized carbons (Fsp3) is 0.294. The van der Waals surface area contributed by atoms with Crippen molar-refractivity contribution >= 4 is 11.6 Å². The highest BCUT2D eigenvalue weighted by Gasteiger charge is 2.14. The molecule has 1 nitrogen and oxygen atoms in total. The molecule has 1 atom stereocenters. The zero-order valence-corrected chi connectivity index (χ0v) is 12.8. The van der Waals surface area contributed by atoms with Gasteiger partial charge in [0.1, 0.15) is 5.82 Å². The minimum atomic E-state index is -0.124. The van der Waals surface area contributed by atoms with Crippen LogP contribution in [-0.4, -0.2) is 7.05 Å². The van der Waals surface area contributed by atoms with E-state index in [0.717, 1.165) is 22.6 Å². The summed E-state index contributed by atoms with van der Waals surface area (Å²) in [5, 5.41) is 4.05. The maximum atomic E-state index is 13.7. The Bertz CT molecular complexity index is 587. The third kappa shape index (κ3) is 3.20. The number of rotatable bonds is 4. The van der Waals surface area contributed by atoms with Crippen LogP contribution in [0.1, 0.15) is 28.3 Å². The third-order valence-corrected chi connectivity index (χ3v) is 3.96. The van der Waals surface area contributed by atoms with Crippen molar-refractivity contribution in [1.29, 1.82) is 0 Å². The summed E-state index contributed by atoms with van der Waals surface area (Å²) in [4.78, 5) is 0. The zero-order chi connectivity index (χ0) is 14.7. The molecule has 3 heteroatoms. The predicted octanol–water partition coefficient (Wildman–Crippen LogP) is 4.60. The van der Waals surface area contributed by atoms with Crippen LogP contribution in [0, 0.1) is 19.7 Å². The van der Waals surface area contributed by atoms with E-state index >= 15 is 0 Å². The van der Waals surface area contributed by atoms with Gasteiger partial charge in [0.15, 0.2) is 0 Å². The molecule has 0 heterocycles. The van der Waals surface area contributed by atoms with Gasteiger partial charge in [-0.1, -0.05) is 41.9 Å². The van der Waals surface area contributed by atoms with Crippen LogP contribution in [0.5, 0.6) is 0 Å². The summed E-state index contributed by atoms with van der Waals surface area (Å²) in [6, 6.07) is 11.7. The first-order valence-corrected chi connectivity index (χ1v) is 7.08. The van der Waals surface area contributed by atoms with Crippen LogP contribution in [0.3, 0.4) is 0 Å². The van der Waals surface area contributed by atoms with Gasteiger partial charge >= 0.3 is 0 Å². The van der Waals surface area contributed by atoms with Crippen molar-refractivity contribution in [2.75, 3.05) is 7.05 Å². The Morgan fingerprint density at radius 3 is 2.30 bits per heavy atom. The molecule has 1 N–H and O–H groups in total. The molecule has 0 aliphatic carbocycles. The van der Waals surface area contributed by atoms with Crippen molar-refractivity contribution in [2.45, 2.75) is 26.3 Å². The normalized spacial score (nSPS) is 12.4. The lowest BCUT2D eigenvalue weighted by atomic mass is 9.95. The summed E-state index contributed by atoms with van der Waals surface area (Å²) in [6.45, 7) is 3.60. The number of hydrogen-bond donors (Lipinski definition) is 1. The molecular formula is C17H19ClFN. The van der Waals surface area contributed by atoms with Crippen LogP contribution in [0.15, 0.2) is 36.4 Å². The van der Waals surface area contributed by atoms with Crippen molar-refractivity contribution in [3.05, 3.63) is 69.5 Å². The largest absolute Gasteiger partial charge is 0.313 e. The first kappa shape index (κ1) is 15.0. The van der Waals surface area contributed by atoms with E-state index in [1.807, 2.05) is 43.4 Å². The van der Waals surface area contributed by atoms with Crippen LogP contribution < -0.4 is 5.32 Å². The molecule has 106 valence electrons. The monoisotopic (exact) mass is 291 g/mol. The number of hydrogen-bond acceptors (Lipinski definition) is 1. The summed E-state index contributed by atoms with van der Waals surface area (Å²) in [5.41, 5.74) is 3.54. The molecule has 0 amide bonds. The van der Waals surface area contributed by atoms with Crippen LogP contribution in [0.25, 0.3) is 0 Å². The van der Waals surface area contributed by atoms with Crippen LogP contribution in [0.4, 0.5) is 4.39 Å². The van der Waals surface area contributed by atoms with E-state index in [1.165, 1.54) is 0 Å². The molecule has 1 unspecified atom stereocenters. The number of nitrogens with one attached hydrogen (secondary N) is 1. The number of aryl methyl sites for hydroxylation is 2. The van der Waals surface area contributed by atoms with Crippen LogP contribution in [-0.2, 0) is 6.42 Å². The topological polar surface area (TPSA) is 12.0 Å². The van der Waals surface area contributed by atoms with Gasteiger partial charge in [-0.15, -0.1) is 0 Å². The third-order valence-electron chi connectivity index (χ3n) is 3.59. The molecule has 0 radical (unpaired) electrons. The van der Waals surface area contributed by atoms with Gasteiger partial charge in [0.25, 0.3) is 0 Å². The van der Waals surface area contributed by atoms with E-state index < -0.39 is 0 Å². The molecule has 0 saturated heterocycles. The highest BCUT2D eigenvalue weighted by Crippen LogP contribution is 2.25. The average Bonchev–Trinajstić information content (AvgIpc) is 2.43. The smallest absolute Gasteiger partial charge is 0.129 e. The fourth-order valence-electron chi connectivity index (χ4n) is 2.45. The Hall–Kier alpha value is -1.38. The molecule has 2 aromatic rings. The summed E-state index contributed by atoms with van der Waals surface area (Å²) >= 11 is 6.21. The second-order valence-corrected chi connectivity index (χ2v) is 5.51.